The number of hydrogen-bond donors (Lipinski definition) is 1. The van der Waals surface area contributed by atoms with Crippen LogP contribution in [0.2, 0.25) is 0 Å². The van der Waals surface area contributed by atoms with Crippen LogP contribution in [0.1, 0.15) is 19.3 Å². The predicted octanol–water partition coefficient (Wildman–Crippen LogP) is 0.699. The van der Waals surface area contributed by atoms with Gasteiger partial charge in [-0.1, -0.05) is 0 Å². The number of carboxylic acids is 1. The zero-order valence-electron chi connectivity index (χ0n) is 10.8. The molecule has 5 nitrogen and oxygen atoms in total. The van der Waals surface area contributed by atoms with E-state index in [0.29, 0.717) is 18.7 Å². The molecule has 1 aliphatic heterocycles. The van der Waals surface area contributed by atoms with E-state index in [9.17, 15) is 19.1 Å². The third-order valence-corrected chi connectivity index (χ3v) is 3.25. The van der Waals surface area contributed by atoms with Gasteiger partial charge in [0.15, 0.2) is 0 Å². The van der Waals surface area contributed by atoms with E-state index < -0.39 is 29.7 Å². The van der Waals surface area contributed by atoms with E-state index in [-0.39, 0.29) is 6.42 Å². The van der Waals surface area contributed by atoms with E-state index >= 15 is 0 Å². The Morgan fingerprint density at radius 3 is 2.65 bits per heavy atom. The van der Waals surface area contributed by atoms with Crippen LogP contribution in [-0.2, 0) is 14.3 Å². The molecule has 1 N–H and O–H groups in total. The van der Waals surface area contributed by atoms with Gasteiger partial charge in [0, 0.05) is 30.6 Å². The van der Waals surface area contributed by atoms with E-state index in [1.807, 2.05) is 0 Å². The Kier molecular flexibility index (Phi) is 4.68. The smallest absolute Gasteiger partial charge is 0.225 e. The molecule has 0 aromatic heterocycles. The van der Waals surface area contributed by atoms with Crippen LogP contribution in [0.4, 0.5) is 10.1 Å². The zero-order valence-corrected chi connectivity index (χ0v) is 10.8. The molecule has 2 rings (SSSR count). The van der Waals surface area contributed by atoms with Crippen molar-refractivity contribution >= 4 is 17.6 Å². The third-order valence-electron chi connectivity index (χ3n) is 3.25. The summed E-state index contributed by atoms with van der Waals surface area (Å²) in [5.74, 6) is -3.11. The molecule has 1 heterocycles. The molecule has 1 amide bonds. The summed E-state index contributed by atoms with van der Waals surface area (Å²) in [6.45, 7) is 0.508. The van der Waals surface area contributed by atoms with Crippen molar-refractivity contribution in [1.82, 2.24) is 0 Å². The van der Waals surface area contributed by atoms with Gasteiger partial charge in [0.1, 0.15) is 5.82 Å². The average molecular weight is 280 g/mol. The first kappa shape index (κ1) is 14.5. The van der Waals surface area contributed by atoms with Gasteiger partial charge in [0.2, 0.25) is 5.91 Å². The van der Waals surface area contributed by atoms with Crippen LogP contribution in [0.25, 0.3) is 0 Å². The quantitative estimate of drug-likeness (QED) is 0.861. The summed E-state index contributed by atoms with van der Waals surface area (Å²) < 4.78 is 18.0. The first-order valence-corrected chi connectivity index (χ1v) is 6.44. The lowest BCUT2D eigenvalue weighted by Gasteiger charge is -2.23. The van der Waals surface area contributed by atoms with E-state index in [0.717, 1.165) is 6.42 Å². The lowest BCUT2D eigenvalue weighted by atomic mass is 9.96. The highest BCUT2D eigenvalue weighted by Crippen LogP contribution is 2.23. The van der Waals surface area contributed by atoms with Crippen LogP contribution >= 0.6 is 0 Å². The van der Waals surface area contributed by atoms with Gasteiger partial charge in [-0.3, -0.25) is 4.79 Å². The fourth-order valence-corrected chi connectivity index (χ4v) is 2.23. The molecular weight excluding hydrogens is 265 g/mol. The first-order valence-electron chi connectivity index (χ1n) is 6.44. The SMILES string of the molecule is O=C(C[C@H](C(=O)[O-])[C@H]1CCCO1)Nc1ccc(F)cc1. The lowest BCUT2D eigenvalue weighted by Crippen LogP contribution is -2.40. The topological polar surface area (TPSA) is 78.5 Å². The monoisotopic (exact) mass is 280 g/mol. The molecule has 2 atom stereocenters. The van der Waals surface area contributed by atoms with E-state index in [1.165, 1.54) is 24.3 Å². The van der Waals surface area contributed by atoms with Gasteiger partial charge < -0.3 is 20.0 Å². The number of ether oxygens (including phenoxy) is 1. The lowest BCUT2D eigenvalue weighted by molar-refractivity contribution is -0.314. The summed E-state index contributed by atoms with van der Waals surface area (Å²) >= 11 is 0. The number of rotatable bonds is 5. The summed E-state index contributed by atoms with van der Waals surface area (Å²) in [6, 6.07) is 5.25. The number of halogens is 1. The first-order chi connectivity index (χ1) is 9.56. The molecule has 0 aliphatic carbocycles. The molecular formula is C14H15FNO4-. The van der Waals surface area contributed by atoms with Gasteiger partial charge in [0.05, 0.1) is 6.10 Å². The highest BCUT2D eigenvalue weighted by molar-refractivity contribution is 5.93. The molecule has 1 aliphatic rings. The molecule has 20 heavy (non-hydrogen) atoms. The van der Waals surface area contributed by atoms with Crippen LogP contribution < -0.4 is 10.4 Å². The maximum atomic E-state index is 12.7. The maximum Gasteiger partial charge on any atom is 0.225 e. The molecule has 0 saturated carbocycles. The zero-order chi connectivity index (χ0) is 14.5. The Morgan fingerprint density at radius 1 is 1.40 bits per heavy atom. The Labute approximate surface area is 115 Å². The van der Waals surface area contributed by atoms with Crippen LogP contribution in [-0.4, -0.2) is 24.6 Å². The van der Waals surface area contributed by atoms with Crippen molar-refractivity contribution in [3.05, 3.63) is 30.1 Å². The van der Waals surface area contributed by atoms with Gasteiger partial charge in [-0.15, -0.1) is 0 Å². The van der Waals surface area contributed by atoms with E-state index in [1.54, 1.807) is 0 Å². The number of carboxylic acid groups (broad SMARTS) is 1. The van der Waals surface area contributed by atoms with Crippen molar-refractivity contribution < 1.29 is 23.8 Å². The summed E-state index contributed by atoms with van der Waals surface area (Å²) in [5.41, 5.74) is 0.417. The Morgan fingerprint density at radius 2 is 2.10 bits per heavy atom. The van der Waals surface area contributed by atoms with Crippen molar-refractivity contribution in [2.45, 2.75) is 25.4 Å². The minimum absolute atomic E-state index is 0.218. The van der Waals surface area contributed by atoms with Crippen molar-refractivity contribution in [1.29, 1.82) is 0 Å². The third kappa shape index (κ3) is 3.77. The molecule has 1 aromatic rings. The summed E-state index contributed by atoms with van der Waals surface area (Å²) in [7, 11) is 0. The minimum Gasteiger partial charge on any atom is -0.550 e. The van der Waals surface area contributed by atoms with Gasteiger partial charge in [0.25, 0.3) is 0 Å². The van der Waals surface area contributed by atoms with Gasteiger partial charge >= 0.3 is 0 Å². The van der Waals surface area contributed by atoms with E-state index in [2.05, 4.69) is 5.32 Å². The number of benzene rings is 1. The highest BCUT2D eigenvalue weighted by atomic mass is 19.1. The maximum absolute atomic E-state index is 12.7. The molecule has 0 radical (unpaired) electrons. The number of hydrogen-bond acceptors (Lipinski definition) is 4. The van der Waals surface area contributed by atoms with Crippen molar-refractivity contribution in [2.24, 2.45) is 5.92 Å². The van der Waals surface area contributed by atoms with Gasteiger partial charge in [-0.05, 0) is 37.1 Å². The van der Waals surface area contributed by atoms with Crippen LogP contribution in [0.3, 0.4) is 0 Å². The normalized spacial score (nSPS) is 19.6. The Balaban J connectivity index is 1.94. The number of carbonyl (C=O) groups excluding carboxylic acids is 2. The average Bonchev–Trinajstić information content (AvgIpc) is 2.92. The summed E-state index contributed by atoms with van der Waals surface area (Å²) in [4.78, 5) is 22.9. The second-order valence-corrected chi connectivity index (χ2v) is 4.74. The molecule has 1 fully saturated rings. The largest absolute Gasteiger partial charge is 0.550 e. The van der Waals surface area contributed by atoms with Crippen molar-refractivity contribution in [3.63, 3.8) is 0 Å². The number of nitrogens with one attached hydrogen (secondary N) is 1. The van der Waals surface area contributed by atoms with Crippen molar-refractivity contribution in [2.75, 3.05) is 11.9 Å². The molecule has 0 unspecified atom stereocenters. The molecule has 1 aromatic carbocycles. The minimum atomic E-state index is -1.29. The molecule has 0 bridgehead atoms. The highest BCUT2D eigenvalue weighted by Gasteiger charge is 2.28. The van der Waals surface area contributed by atoms with Crippen molar-refractivity contribution in [3.8, 4) is 0 Å². The number of amides is 1. The Bertz CT molecular complexity index is 482. The number of carbonyl (C=O) groups is 2. The number of aliphatic carboxylic acids is 1. The standard InChI is InChI=1S/C14H16FNO4/c15-9-3-5-10(6-4-9)16-13(17)8-11(14(18)19)12-2-1-7-20-12/h3-6,11-12H,1-2,7-8H2,(H,16,17)(H,18,19)/p-1/t11-,12+/m0/s1. The molecule has 6 heteroatoms. The van der Waals surface area contributed by atoms with Crippen LogP contribution in [0, 0.1) is 11.7 Å². The van der Waals surface area contributed by atoms with Gasteiger partial charge in [-0.25, -0.2) is 4.39 Å². The summed E-state index contributed by atoms with van der Waals surface area (Å²) in [6.07, 6.45) is 0.708. The molecule has 1 saturated heterocycles. The van der Waals surface area contributed by atoms with Crippen LogP contribution in [0.15, 0.2) is 24.3 Å². The second kappa shape index (κ2) is 6.47. The second-order valence-electron chi connectivity index (χ2n) is 4.74. The Hall–Kier alpha value is -1.95. The molecule has 0 spiro atoms. The van der Waals surface area contributed by atoms with E-state index in [4.69, 9.17) is 4.74 Å². The predicted molar refractivity (Wildman–Crippen MR) is 67.1 cm³/mol. The van der Waals surface area contributed by atoms with Gasteiger partial charge in [-0.2, -0.15) is 0 Å². The fraction of sp³-hybridized carbons (Fsp3) is 0.429. The fourth-order valence-electron chi connectivity index (χ4n) is 2.23. The number of anilines is 1. The summed E-state index contributed by atoms with van der Waals surface area (Å²) in [5, 5.41) is 13.6. The van der Waals surface area contributed by atoms with Crippen LogP contribution in [0.5, 0.6) is 0 Å². The molecule has 108 valence electrons.